The third-order valence-electron chi connectivity index (χ3n) is 3.86. The van der Waals surface area contributed by atoms with E-state index in [0.717, 1.165) is 53.4 Å². The molecule has 1 aromatic carbocycles. The van der Waals surface area contributed by atoms with Gasteiger partial charge in [0.25, 0.3) is 0 Å². The van der Waals surface area contributed by atoms with Crippen LogP contribution < -0.4 is 15.2 Å². The summed E-state index contributed by atoms with van der Waals surface area (Å²) in [4.78, 5) is 9.12. The quantitative estimate of drug-likeness (QED) is 0.859. The number of rotatable bonds is 1. The van der Waals surface area contributed by atoms with Crippen molar-refractivity contribution in [3.05, 3.63) is 35.7 Å². The lowest BCUT2D eigenvalue weighted by Gasteiger charge is -2.21. The van der Waals surface area contributed by atoms with Gasteiger partial charge in [0.15, 0.2) is 17.3 Å². The standard InChI is InChI=1S/C15H15N3O2/c16-11-2-1-3-12-10(11)7-17-15(18-12)9-4-5-13-14(6-9)20-8-19-13/h4-7,11H,1-3,8,16H2. The Bertz CT molecular complexity index is 672. The van der Waals surface area contributed by atoms with E-state index < -0.39 is 0 Å². The summed E-state index contributed by atoms with van der Waals surface area (Å²) in [6.45, 7) is 0.276. The molecule has 2 heterocycles. The first-order valence-electron chi connectivity index (χ1n) is 6.83. The Labute approximate surface area is 116 Å². The highest BCUT2D eigenvalue weighted by Gasteiger charge is 2.20. The van der Waals surface area contributed by atoms with Crippen molar-refractivity contribution in [3.8, 4) is 22.9 Å². The van der Waals surface area contributed by atoms with E-state index in [-0.39, 0.29) is 12.8 Å². The highest BCUT2D eigenvalue weighted by molar-refractivity contribution is 5.61. The number of benzene rings is 1. The Balaban J connectivity index is 1.75. The van der Waals surface area contributed by atoms with Gasteiger partial charge in [0, 0.05) is 29.1 Å². The molecule has 1 aliphatic heterocycles. The molecule has 0 fully saturated rings. The fourth-order valence-electron chi connectivity index (χ4n) is 2.76. The van der Waals surface area contributed by atoms with Crippen molar-refractivity contribution in [2.45, 2.75) is 25.3 Å². The highest BCUT2D eigenvalue weighted by atomic mass is 16.7. The van der Waals surface area contributed by atoms with Crippen molar-refractivity contribution in [3.63, 3.8) is 0 Å². The average molecular weight is 269 g/mol. The van der Waals surface area contributed by atoms with Gasteiger partial charge in [0.1, 0.15) is 0 Å². The molecule has 102 valence electrons. The van der Waals surface area contributed by atoms with Gasteiger partial charge in [-0.1, -0.05) is 0 Å². The highest BCUT2D eigenvalue weighted by Crippen LogP contribution is 2.35. The van der Waals surface area contributed by atoms with Crippen LogP contribution in [-0.2, 0) is 6.42 Å². The summed E-state index contributed by atoms with van der Waals surface area (Å²) in [6, 6.07) is 5.85. The fourth-order valence-corrected chi connectivity index (χ4v) is 2.76. The molecule has 1 atom stereocenters. The van der Waals surface area contributed by atoms with Crippen LogP contribution in [-0.4, -0.2) is 16.8 Å². The molecule has 0 saturated carbocycles. The normalized spacial score (nSPS) is 19.8. The first-order chi connectivity index (χ1) is 9.81. The Morgan fingerprint density at radius 1 is 1.20 bits per heavy atom. The SMILES string of the molecule is NC1CCCc2nc(-c3ccc4c(c3)OCO4)ncc21. The minimum atomic E-state index is 0.0737. The molecular weight excluding hydrogens is 254 g/mol. The Hall–Kier alpha value is -2.14. The van der Waals surface area contributed by atoms with Gasteiger partial charge in [-0.25, -0.2) is 9.97 Å². The number of ether oxygens (including phenoxy) is 2. The molecule has 5 nitrogen and oxygen atoms in total. The van der Waals surface area contributed by atoms with E-state index in [9.17, 15) is 0 Å². The molecule has 0 amide bonds. The molecule has 5 heteroatoms. The monoisotopic (exact) mass is 269 g/mol. The molecule has 4 rings (SSSR count). The van der Waals surface area contributed by atoms with E-state index in [0.29, 0.717) is 0 Å². The number of aromatic nitrogens is 2. The molecular formula is C15H15N3O2. The minimum absolute atomic E-state index is 0.0737. The van der Waals surface area contributed by atoms with Crippen LogP contribution in [0.4, 0.5) is 0 Å². The van der Waals surface area contributed by atoms with Gasteiger partial charge in [-0.15, -0.1) is 0 Å². The molecule has 0 bridgehead atoms. The van der Waals surface area contributed by atoms with E-state index in [4.69, 9.17) is 15.2 Å². The van der Waals surface area contributed by atoms with Crippen LogP contribution in [0.3, 0.4) is 0 Å². The topological polar surface area (TPSA) is 70.3 Å². The van der Waals surface area contributed by atoms with Crippen molar-refractivity contribution >= 4 is 0 Å². The second kappa shape index (κ2) is 4.45. The molecule has 1 aromatic heterocycles. The number of nitrogens with two attached hydrogens (primary N) is 1. The Kier molecular flexibility index (Phi) is 2.60. The van der Waals surface area contributed by atoms with Gasteiger partial charge in [-0.2, -0.15) is 0 Å². The number of fused-ring (bicyclic) bond motifs is 2. The summed E-state index contributed by atoms with van der Waals surface area (Å²) in [5.41, 5.74) is 9.19. The second-order valence-electron chi connectivity index (χ2n) is 5.16. The maximum absolute atomic E-state index is 6.09. The lowest BCUT2D eigenvalue weighted by atomic mass is 9.93. The van der Waals surface area contributed by atoms with Gasteiger partial charge in [0.05, 0.1) is 0 Å². The fraction of sp³-hybridized carbons (Fsp3) is 0.333. The van der Waals surface area contributed by atoms with Crippen LogP contribution in [0.15, 0.2) is 24.4 Å². The zero-order valence-corrected chi connectivity index (χ0v) is 11.0. The van der Waals surface area contributed by atoms with Gasteiger partial charge in [-0.3, -0.25) is 0 Å². The molecule has 1 aliphatic carbocycles. The number of nitrogens with zero attached hydrogens (tertiary/aromatic N) is 2. The molecule has 0 spiro atoms. The summed E-state index contributed by atoms with van der Waals surface area (Å²) in [6.07, 6.45) is 4.95. The molecule has 20 heavy (non-hydrogen) atoms. The predicted octanol–water partition coefficient (Wildman–Crippen LogP) is 2.21. The predicted molar refractivity (Wildman–Crippen MR) is 73.5 cm³/mol. The van der Waals surface area contributed by atoms with Crippen LogP contribution >= 0.6 is 0 Å². The third kappa shape index (κ3) is 1.82. The Morgan fingerprint density at radius 2 is 2.10 bits per heavy atom. The zero-order valence-electron chi connectivity index (χ0n) is 11.0. The molecule has 2 aromatic rings. The van der Waals surface area contributed by atoms with Gasteiger partial charge >= 0.3 is 0 Å². The summed E-state index contributed by atoms with van der Waals surface area (Å²) < 4.78 is 10.7. The van der Waals surface area contributed by atoms with Crippen LogP contribution in [0.25, 0.3) is 11.4 Å². The largest absolute Gasteiger partial charge is 0.454 e. The van der Waals surface area contributed by atoms with Crippen LogP contribution in [0.1, 0.15) is 30.1 Å². The van der Waals surface area contributed by atoms with Crippen molar-refractivity contribution in [1.82, 2.24) is 9.97 Å². The smallest absolute Gasteiger partial charge is 0.231 e. The first kappa shape index (κ1) is 11.7. The molecule has 1 unspecified atom stereocenters. The van der Waals surface area contributed by atoms with Gasteiger partial charge < -0.3 is 15.2 Å². The van der Waals surface area contributed by atoms with Crippen molar-refractivity contribution in [2.24, 2.45) is 5.73 Å². The van der Waals surface area contributed by atoms with Crippen molar-refractivity contribution in [1.29, 1.82) is 0 Å². The summed E-state index contributed by atoms with van der Waals surface area (Å²) >= 11 is 0. The molecule has 2 N–H and O–H groups in total. The first-order valence-corrected chi connectivity index (χ1v) is 6.83. The van der Waals surface area contributed by atoms with E-state index in [1.807, 2.05) is 24.4 Å². The third-order valence-corrected chi connectivity index (χ3v) is 3.86. The van der Waals surface area contributed by atoms with E-state index in [1.54, 1.807) is 0 Å². The maximum Gasteiger partial charge on any atom is 0.231 e. The lowest BCUT2D eigenvalue weighted by Crippen LogP contribution is -2.19. The Morgan fingerprint density at radius 3 is 3.05 bits per heavy atom. The lowest BCUT2D eigenvalue weighted by molar-refractivity contribution is 0.174. The van der Waals surface area contributed by atoms with Gasteiger partial charge in [0.2, 0.25) is 6.79 Å². The van der Waals surface area contributed by atoms with E-state index in [2.05, 4.69) is 9.97 Å². The summed E-state index contributed by atoms with van der Waals surface area (Å²) in [7, 11) is 0. The minimum Gasteiger partial charge on any atom is -0.454 e. The van der Waals surface area contributed by atoms with Crippen LogP contribution in [0.5, 0.6) is 11.5 Å². The van der Waals surface area contributed by atoms with E-state index in [1.165, 1.54) is 0 Å². The van der Waals surface area contributed by atoms with E-state index >= 15 is 0 Å². The van der Waals surface area contributed by atoms with Crippen LogP contribution in [0, 0.1) is 0 Å². The second-order valence-corrected chi connectivity index (χ2v) is 5.16. The van der Waals surface area contributed by atoms with Crippen LogP contribution in [0.2, 0.25) is 0 Å². The summed E-state index contributed by atoms with van der Waals surface area (Å²) in [5.74, 6) is 2.24. The van der Waals surface area contributed by atoms with Gasteiger partial charge in [-0.05, 0) is 37.5 Å². The number of hydrogen-bond donors (Lipinski definition) is 1. The number of aryl methyl sites for hydroxylation is 1. The summed E-state index contributed by atoms with van der Waals surface area (Å²) in [5, 5.41) is 0. The van der Waals surface area contributed by atoms with Crippen molar-refractivity contribution in [2.75, 3.05) is 6.79 Å². The zero-order chi connectivity index (χ0) is 13.5. The number of hydrogen-bond acceptors (Lipinski definition) is 5. The molecule has 2 aliphatic rings. The molecule has 0 radical (unpaired) electrons. The van der Waals surface area contributed by atoms with Crippen molar-refractivity contribution < 1.29 is 9.47 Å². The average Bonchev–Trinajstić information content (AvgIpc) is 2.94. The molecule has 0 saturated heterocycles. The maximum atomic E-state index is 6.09.